The summed E-state index contributed by atoms with van der Waals surface area (Å²) in [5.74, 6) is 0.458. The van der Waals surface area contributed by atoms with Crippen LogP contribution < -0.4 is 5.32 Å². The molecule has 0 bridgehead atoms. The number of likely N-dealkylation sites (tertiary alicyclic amines) is 1. The number of aromatic nitrogens is 2. The molecule has 1 saturated heterocycles. The minimum absolute atomic E-state index is 0.0577. The normalized spacial score (nSPS) is 16.5. The number of amidine groups is 1. The van der Waals surface area contributed by atoms with Crippen LogP contribution in [0, 0.1) is 0 Å². The van der Waals surface area contributed by atoms with Gasteiger partial charge in [0.05, 0.1) is 10.6 Å². The van der Waals surface area contributed by atoms with Crippen LogP contribution in [0.4, 0.5) is 5.69 Å². The molecule has 3 rings (SSSR count). The van der Waals surface area contributed by atoms with Crippen molar-refractivity contribution in [3.8, 4) is 0 Å². The van der Waals surface area contributed by atoms with Gasteiger partial charge in [0.25, 0.3) is 15.9 Å². The van der Waals surface area contributed by atoms with E-state index in [1.807, 2.05) is 32.7 Å². The quantitative estimate of drug-likeness (QED) is 0.728. The number of aryl methyl sites for hydroxylation is 1. The molecule has 1 aliphatic heterocycles. The van der Waals surface area contributed by atoms with E-state index in [-0.39, 0.29) is 16.7 Å². The average molecular weight is 446 g/mol. The van der Waals surface area contributed by atoms with Crippen molar-refractivity contribution in [1.82, 2.24) is 14.7 Å². The van der Waals surface area contributed by atoms with Crippen molar-refractivity contribution in [1.29, 1.82) is 0 Å². The molecule has 2 heterocycles. The van der Waals surface area contributed by atoms with Crippen LogP contribution >= 0.6 is 0 Å². The summed E-state index contributed by atoms with van der Waals surface area (Å²) < 4.78 is 31.6. The number of anilines is 1. The van der Waals surface area contributed by atoms with Crippen molar-refractivity contribution in [2.24, 2.45) is 4.40 Å². The molecule has 0 spiro atoms. The average Bonchev–Trinajstić information content (AvgIpc) is 3.08. The summed E-state index contributed by atoms with van der Waals surface area (Å²) in [6, 6.07) is 7.99. The first-order chi connectivity index (χ1) is 14.7. The SMILES string of the molecule is CCn1nc(C(C)C)cc1C(=O)Nc1cccc(S(=O)(=O)N=C2CCCCCN2C)c1. The first-order valence-electron chi connectivity index (χ1n) is 10.8. The molecule has 1 aliphatic rings. The molecule has 31 heavy (non-hydrogen) atoms. The maximum absolute atomic E-state index is 12.9. The second-order valence-corrected chi connectivity index (χ2v) is 9.73. The van der Waals surface area contributed by atoms with E-state index in [1.54, 1.807) is 22.9 Å². The van der Waals surface area contributed by atoms with Crippen LogP contribution in [-0.2, 0) is 16.6 Å². The second kappa shape index (κ2) is 9.64. The van der Waals surface area contributed by atoms with E-state index in [0.29, 0.717) is 30.2 Å². The lowest BCUT2D eigenvalue weighted by atomic mass is 10.1. The minimum Gasteiger partial charge on any atom is -0.362 e. The van der Waals surface area contributed by atoms with Crippen molar-refractivity contribution in [2.75, 3.05) is 18.9 Å². The number of carbonyl (C=O) groups is 1. The molecule has 1 fully saturated rings. The van der Waals surface area contributed by atoms with Gasteiger partial charge in [-0.2, -0.15) is 13.5 Å². The zero-order valence-corrected chi connectivity index (χ0v) is 19.4. The highest BCUT2D eigenvalue weighted by molar-refractivity contribution is 7.90. The third kappa shape index (κ3) is 5.52. The Bertz CT molecular complexity index is 1070. The number of sulfonamides is 1. The smallest absolute Gasteiger partial charge is 0.284 e. The summed E-state index contributed by atoms with van der Waals surface area (Å²) in [6.07, 6.45) is 3.67. The highest BCUT2D eigenvalue weighted by Crippen LogP contribution is 2.21. The number of nitrogens with one attached hydrogen (secondary N) is 1. The van der Waals surface area contributed by atoms with Crippen LogP contribution in [0.5, 0.6) is 0 Å². The van der Waals surface area contributed by atoms with Crippen LogP contribution in [0.25, 0.3) is 0 Å². The predicted octanol–water partition coefficient (Wildman–Crippen LogP) is 3.87. The van der Waals surface area contributed by atoms with E-state index in [0.717, 1.165) is 31.5 Å². The summed E-state index contributed by atoms with van der Waals surface area (Å²) in [5, 5.41) is 7.26. The first-order valence-corrected chi connectivity index (χ1v) is 12.2. The molecular weight excluding hydrogens is 414 g/mol. The van der Waals surface area contributed by atoms with Gasteiger partial charge < -0.3 is 10.2 Å². The summed E-state index contributed by atoms with van der Waals surface area (Å²) in [7, 11) is -2.00. The molecule has 1 N–H and O–H groups in total. The second-order valence-electron chi connectivity index (χ2n) is 8.12. The fourth-order valence-electron chi connectivity index (χ4n) is 3.51. The molecule has 168 valence electrons. The molecule has 2 aromatic rings. The van der Waals surface area contributed by atoms with E-state index in [4.69, 9.17) is 0 Å². The molecule has 0 atom stereocenters. The number of benzene rings is 1. The van der Waals surface area contributed by atoms with Crippen LogP contribution in [-0.4, -0.2) is 48.4 Å². The zero-order chi connectivity index (χ0) is 22.6. The van der Waals surface area contributed by atoms with Crippen LogP contribution in [0.3, 0.4) is 0 Å². The Morgan fingerprint density at radius 1 is 1.23 bits per heavy atom. The summed E-state index contributed by atoms with van der Waals surface area (Å²) in [6.45, 7) is 7.32. The highest BCUT2D eigenvalue weighted by atomic mass is 32.2. The Labute approximate surface area is 184 Å². The maximum Gasteiger partial charge on any atom is 0.284 e. The number of hydrogen-bond acceptors (Lipinski definition) is 4. The highest BCUT2D eigenvalue weighted by Gasteiger charge is 2.20. The summed E-state index contributed by atoms with van der Waals surface area (Å²) >= 11 is 0. The van der Waals surface area contributed by atoms with Gasteiger partial charge in [-0.3, -0.25) is 9.48 Å². The minimum atomic E-state index is -3.87. The Morgan fingerprint density at radius 2 is 2.00 bits per heavy atom. The van der Waals surface area contributed by atoms with Gasteiger partial charge in [-0.15, -0.1) is 4.40 Å². The molecule has 9 heteroatoms. The number of nitrogens with zero attached hydrogens (tertiary/aromatic N) is 4. The fourth-order valence-corrected chi connectivity index (χ4v) is 4.65. The van der Waals surface area contributed by atoms with E-state index in [2.05, 4.69) is 14.8 Å². The van der Waals surface area contributed by atoms with Crippen molar-refractivity contribution >= 4 is 27.5 Å². The zero-order valence-electron chi connectivity index (χ0n) is 18.6. The molecule has 1 amide bonds. The van der Waals surface area contributed by atoms with Gasteiger partial charge in [-0.25, -0.2) is 0 Å². The lowest BCUT2D eigenvalue weighted by Gasteiger charge is -2.17. The number of amides is 1. The van der Waals surface area contributed by atoms with Crippen molar-refractivity contribution in [3.05, 3.63) is 41.7 Å². The molecule has 0 unspecified atom stereocenters. The number of carbonyl (C=O) groups excluding carboxylic acids is 1. The van der Waals surface area contributed by atoms with E-state index in [9.17, 15) is 13.2 Å². The first kappa shape index (κ1) is 23.0. The standard InChI is InChI=1S/C22H31N5O3S/c1-5-27-20(15-19(24-27)16(2)3)22(28)23-17-10-9-11-18(14-17)31(29,30)25-21-12-7-6-8-13-26(21)4/h9-11,14-16H,5-8,12-13H2,1-4H3,(H,23,28). The van der Waals surface area contributed by atoms with E-state index >= 15 is 0 Å². The van der Waals surface area contributed by atoms with E-state index in [1.165, 1.54) is 12.1 Å². The lowest BCUT2D eigenvalue weighted by Crippen LogP contribution is -2.26. The summed E-state index contributed by atoms with van der Waals surface area (Å²) in [4.78, 5) is 14.8. The van der Waals surface area contributed by atoms with E-state index < -0.39 is 10.0 Å². The van der Waals surface area contributed by atoms with Gasteiger partial charge in [0.1, 0.15) is 11.5 Å². The molecule has 1 aromatic heterocycles. The van der Waals surface area contributed by atoms with Crippen LogP contribution in [0.15, 0.2) is 39.6 Å². The van der Waals surface area contributed by atoms with Crippen LogP contribution in [0.1, 0.15) is 68.6 Å². The molecule has 0 radical (unpaired) electrons. The van der Waals surface area contributed by atoms with Gasteiger partial charge in [-0.05, 0) is 49.9 Å². The van der Waals surface area contributed by atoms with Gasteiger partial charge in [0, 0.05) is 32.2 Å². The molecular formula is C22H31N5O3S. The van der Waals surface area contributed by atoms with Crippen molar-refractivity contribution in [2.45, 2.75) is 63.8 Å². The Kier molecular flexibility index (Phi) is 7.15. The number of hydrogen-bond donors (Lipinski definition) is 1. The van der Waals surface area contributed by atoms with Crippen molar-refractivity contribution < 1.29 is 13.2 Å². The molecule has 1 aromatic carbocycles. The van der Waals surface area contributed by atoms with Gasteiger partial charge in [0.2, 0.25) is 0 Å². The monoisotopic (exact) mass is 445 g/mol. The molecule has 0 aliphatic carbocycles. The predicted molar refractivity (Wildman–Crippen MR) is 122 cm³/mol. The molecule has 0 saturated carbocycles. The lowest BCUT2D eigenvalue weighted by molar-refractivity contribution is 0.101. The third-order valence-electron chi connectivity index (χ3n) is 5.37. The Balaban J connectivity index is 1.84. The summed E-state index contributed by atoms with van der Waals surface area (Å²) in [5.41, 5.74) is 1.68. The molecule has 8 nitrogen and oxygen atoms in total. The Hall–Kier alpha value is -2.68. The van der Waals surface area contributed by atoms with Gasteiger partial charge >= 0.3 is 0 Å². The fraction of sp³-hybridized carbons (Fsp3) is 0.500. The van der Waals surface area contributed by atoms with Crippen LogP contribution in [0.2, 0.25) is 0 Å². The van der Waals surface area contributed by atoms with Gasteiger partial charge in [0.15, 0.2) is 0 Å². The number of rotatable bonds is 6. The Morgan fingerprint density at radius 3 is 2.71 bits per heavy atom. The third-order valence-corrected chi connectivity index (χ3v) is 6.67. The van der Waals surface area contributed by atoms with Crippen molar-refractivity contribution in [3.63, 3.8) is 0 Å². The topological polar surface area (TPSA) is 96.7 Å². The largest absolute Gasteiger partial charge is 0.362 e. The van der Waals surface area contributed by atoms with Gasteiger partial charge in [-0.1, -0.05) is 26.3 Å². The maximum atomic E-state index is 12.9.